The molecule has 3 heterocycles. The fourth-order valence-electron chi connectivity index (χ4n) is 4.86. The summed E-state index contributed by atoms with van der Waals surface area (Å²) >= 11 is 8.18. The SMILES string of the molecule is COc1ccc2ncc(Cl)c([C@@H](O)CCC3(C(=O)O)CCN(CCCSc4ccccn4)CC3)c2c1. The summed E-state index contributed by atoms with van der Waals surface area (Å²) in [6, 6.07) is 11.4. The second kappa shape index (κ2) is 12.2. The number of halogens is 1. The van der Waals surface area contributed by atoms with Crippen LogP contribution in [0.5, 0.6) is 5.75 Å². The van der Waals surface area contributed by atoms with Gasteiger partial charge in [-0.15, -0.1) is 11.8 Å². The molecule has 1 saturated heterocycles. The fourth-order valence-corrected chi connectivity index (χ4v) is 5.93. The molecule has 1 aliphatic rings. The van der Waals surface area contributed by atoms with E-state index in [0.29, 0.717) is 47.5 Å². The van der Waals surface area contributed by atoms with Gasteiger partial charge in [0.2, 0.25) is 0 Å². The van der Waals surface area contributed by atoms with E-state index in [-0.39, 0.29) is 0 Å². The van der Waals surface area contributed by atoms with Crippen LogP contribution in [0.15, 0.2) is 53.8 Å². The number of likely N-dealkylation sites (tertiary alicyclic amines) is 1. The van der Waals surface area contributed by atoms with Crippen LogP contribution in [0.3, 0.4) is 0 Å². The van der Waals surface area contributed by atoms with Crippen LogP contribution in [0.25, 0.3) is 10.9 Å². The molecule has 2 aromatic heterocycles. The summed E-state index contributed by atoms with van der Waals surface area (Å²) in [4.78, 5) is 23.4. The maximum Gasteiger partial charge on any atom is 0.309 e. The van der Waals surface area contributed by atoms with Gasteiger partial charge in [0.05, 0.1) is 34.2 Å². The van der Waals surface area contributed by atoms with Crippen LogP contribution >= 0.6 is 23.4 Å². The minimum absolute atomic E-state index is 0.309. The molecule has 36 heavy (non-hydrogen) atoms. The van der Waals surface area contributed by atoms with Gasteiger partial charge in [0.1, 0.15) is 5.75 Å². The number of fused-ring (bicyclic) bond motifs is 1. The lowest BCUT2D eigenvalue weighted by atomic mass is 9.74. The van der Waals surface area contributed by atoms with Crippen molar-refractivity contribution in [1.82, 2.24) is 14.9 Å². The first-order valence-electron chi connectivity index (χ1n) is 12.2. The molecule has 4 rings (SSSR count). The zero-order chi connectivity index (χ0) is 25.5. The van der Waals surface area contributed by atoms with Crippen molar-refractivity contribution in [3.05, 3.63) is 59.4 Å². The number of aliphatic carboxylic acids is 1. The molecule has 2 N–H and O–H groups in total. The second-order valence-corrected chi connectivity index (χ2v) is 10.8. The Morgan fingerprint density at radius 2 is 2.06 bits per heavy atom. The molecule has 9 heteroatoms. The lowest BCUT2D eigenvalue weighted by Gasteiger charge is -2.39. The lowest BCUT2D eigenvalue weighted by molar-refractivity contribution is -0.153. The number of aromatic nitrogens is 2. The number of piperidine rings is 1. The van der Waals surface area contributed by atoms with E-state index in [9.17, 15) is 15.0 Å². The molecule has 0 unspecified atom stereocenters. The maximum atomic E-state index is 12.3. The van der Waals surface area contributed by atoms with Gasteiger partial charge in [-0.2, -0.15) is 0 Å². The first-order chi connectivity index (χ1) is 17.4. The molecule has 0 saturated carbocycles. The van der Waals surface area contributed by atoms with Gasteiger partial charge < -0.3 is 19.8 Å². The van der Waals surface area contributed by atoms with Crippen molar-refractivity contribution in [3.8, 4) is 5.75 Å². The average Bonchev–Trinajstić information content (AvgIpc) is 2.90. The van der Waals surface area contributed by atoms with Gasteiger partial charge in [-0.25, -0.2) is 4.98 Å². The molecule has 7 nitrogen and oxygen atoms in total. The third-order valence-electron chi connectivity index (χ3n) is 7.07. The third kappa shape index (κ3) is 6.29. The Morgan fingerprint density at radius 1 is 1.25 bits per heavy atom. The number of carboxylic acids is 1. The van der Waals surface area contributed by atoms with Gasteiger partial charge in [0.25, 0.3) is 0 Å². The van der Waals surface area contributed by atoms with Crippen molar-refractivity contribution in [3.63, 3.8) is 0 Å². The van der Waals surface area contributed by atoms with Gasteiger partial charge in [-0.1, -0.05) is 17.7 Å². The Morgan fingerprint density at radius 3 is 2.75 bits per heavy atom. The summed E-state index contributed by atoms with van der Waals surface area (Å²) in [6.45, 7) is 2.43. The van der Waals surface area contributed by atoms with Gasteiger partial charge in [-0.3, -0.25) is 9.78 Å². The monoisotopic (exact) mass is 529 g/mol. The van der Waals surface area contributed by atoms with Crippen molar-refractivity contribution < 1.29 is 19.7 Å². The molecular weight excluding hydrogens is 498 g/mol. The normalized spacial score (nSPS) is 16.6. The Labute approximate surface area is 220 Å². The zero-order valence-electron chi connectivity index (χ0n) is 20.4. The zero-order valence-corrected chi connectivity index (χ0v) is 22.0. The summed E-state index contributed by atoms with van der Waals surface area (Å²) < 4.78 is 5.33. The van der Waals surface area contributed by atoms with E-state index in [1.165, 1.54) is 6.20 Å². The quantitative estimate of drug-likeness (QED) is 0.250. The van der Waals surface area contributed by atoms with E-state index in [4.69, 9.17) is 16.3 Å². The number of carboxylic acid groups (broad SMARTS) is 1. The van der Waals surface area contributed by atoms with Gasteiger partial charge >= 0.3 is 5.97 Å². The van der Waals surface area contributed by atoms with Gasteiger partial charge in [0, 0.05) is 29.1 Å². The van der Waals surface area contributed by atoms with Crippen LogP contribution in [-0.2, 0) is 4.79 Å². The van der Waals surface area contributed by atoms with E-state index in [1.54, 1.807) is 25.1 Å². The van der Waals surface area contributed by atoms with Crippen molar-refractivity contribution in [2.75, 3.05) is 32.5 Å². The van der Waals surface area contributed by atoms with E-state index in [1.807, 2.05) is 36.4 Å². The summed E-state index contributed by atoms with van der Waals surface area (Å²) in [5, 5.41) is 23.4. The fraction of sp³-hybridized carbons (Fsp3) is 0.444. The highest BCUT2D eigenvalue weighted by molar-refractivity contribution is 7.99. The second-order valence-electron chi connectivity index (χ2n) is 9.25. The first-order valence-corrected chi connectivity index (χ1v) is 13.6. The molecule has 1 atom stereocenters. The number of ether oxygens (including phenoxy) is 1. The van der Waals surface area contributed by atoms with Gasteiger partial charge in [0.15, 0.2) is 0 Å². The van der Waals surface area contributed by atoms with Crippen molar-refractivity contribution in [2.24, 2.45) is 5.41 Å². The number of thioether (sulfide) groups is 1. The molecule has 0 amide bonds. The smallest absolute Gasteiger partial charge is 0.309 e. The molecular formula is C27H32ClN3O4S. The first kappa shape index (κ1) is 26.7. The Kier molecular flexibility index (Phi) is 9.06. The van der Waals surface area contributed by atoms with Gasteiger partial charge in [-0.05, 0) is 82.1 Å². The number of rotatable bonds is 11. The Bertz CT molecular complexity index is 1170. The molecule has 0 bridgehead atoms. The molecule has 192 valence electrons. The largest absolute Gasteiger partial charge is 0.497 e. The number of benzene rings is 1. The average molecular weight is 530 g/mol. The van der Waals surface area contributed by atoms with Crippen LogP contribution in [0.1, 0.15) is 43.8 Å². The topological polar surface area (TPSA) is 95.8 Å². The molecule has 0 aliphatic carbocycles. The molecule has 1 aromatic carbocycles. The number of aliphatic hydroxyl groups excluding tert-OH is 1. The summed E-state index contributed by atoms with van der Waals surface area (Å²) in [5.41, 5.74) is 0.438. The number of nitrogens with zero attached hydrogens (tertiary/aromatic N) is 3. The lowest BCUT2D eigenvalue weighted by Crippen LogP contribution is -2.44. The van der Waals surface area contributed by atoms with Crippen LogP contribution in [0.2, 0.25) is 5.02 Å². The summed E-state index contributed by atoms with van der Waals surface area (Å²) in [5.74, 6) is 0.843. The van der Waals surface area contributed by atoms with Crippen molar-refractivity contribution in [2.45, 2.75) is 43.2 Å². The Balaban J connectivity index is 1.34. The number of hydrogen-bond acceptors (Lipinski definition) is 7. The number of hydrogen-bond donors (Lipinski definition) is 2. The number of carbonyl (C=O) groups is 1. The minimum atomic E-state index is -0.895. The molecule has 1 fully saturated rings. The highest BCUT2D eigenvalue weighted by Gasteiger charge is 2.41. The van der Waals surface area contributed by atoms with Crippen molar-refractivity contribution in [1.29, 1.82) is 0 Å². The molecule has 0 spiro atoms. The van der Waals surface area contributed by atoms with Crippen molar-refractivity contribution >= 4 is 40.2 Å². The van der Waals surface area contributed by atoms with E-state index < -0.39 is 17.5 Å². The summed E-state index contributed by atoms with van der Waals surface area (Å²) in [6.07, 6.45) is 5.30. The summed E-state index contributed by atoms with van der Waals surface area (Å²) in [7, 11) is 1.58. The minimum Gasteiger partial charge on any atom is -0.497 e. The number of aliphatic hydroxyl groups is 1. The third-order valence-corrected chi connectivity index (χ3v) is 8.40. The highest BCUT2D eigenvalue weighted by atomic mass is 35.5. The van der Waals surface area contributed by atoms with Crippen LogP contribution in [-0.4, -0.2) is 63.5 Å². The number of methoxy groups -OCH3 is 1. The standard InChI is InChI=1S/C27H32ClN3O4S/c1-35-19-6-7-22-20(17-19)25(21(28)18-30-22)23(32)8-9-27(26(33)34)10-14-31(15-11-27)13-4-16-36-24-5-2-3-12-29-24/h2-3,5-7,12,17-18,23,32H,4,8-11,13-16H2,1H3,(H,33,34)/t23-/m0/s1. The predicted octanol–water partition coefficient (Wildman–Crippen LogP) is 5.45. The molecule has 3 aromatic rings. The van der Waals surface area contributed by atoms with Crippen LogP contribution < -0.4 is 4.74 Å². The highest BCUT2D eigenvalue weighted by Crippen LogP contribution is 2.41. The van der Waals surface area contributed by atoms with E-state index in [0.717, 1.165) is 42.2 Å². The predicted molar refractivity (Wildman–Crippen MR) is 143 cm³/mol. The van der Waals surface area contributed by atoms with Crippen LogP contribution in [0, 0.1) is 5.41 Å². The number of pyridine rings is 2. The molecule has 1 aliphatic heterocycles. The maximum absolute atomic E-state index is 12.3. The Hall–Kier alpha value is -2.39. The van der Waals surface area contributed by atoms with E-state index in [2.05, 4.69) is 14.9 Å². The molecule has 0 radical (unpaired) electrons. The van der Waals surface area contributed by atoms with E-state index >= 15 is 0 Å². The van der Waals surface area contributed by atoms with Crippen LogP contribution in [0.4, 0.5) is 0 Å².